The van der Waals surface area contributed by atoms with Crippen molar-refractivity contribution in [3.8, 4) is 39.2 Å². The van der Waals surface area contributed by atoms with Crippen molar-refractivity contribution in [1.82, 2.24) is 35.4 Å². The predicted octanol–water partition coefficient (Wildman–Crippen LogP) is 4.02. The second kappa shape index (κ2) is 11.2. The van der Waals surface area contributed by atoms with Crippen LogP contribution in [0.3, 0.4) is 0 Å². The largest absolute Gasteiger partial charge is 0.476 e. The molecule has 4 aromatic heterocycles. The van der Waals surface area contributed by atoms with Crippen LogP contribution in [0.15, 0.2) is 34.2 Å². The van der Waals surface area contributed by atoms with Gasteiger partial charge in [-0.15, -0.1) is 21.5 Å². The number of ether oxygens (including phenoxy) is 1. The fourth-order valence-electron chi connectivity index (χ4n) is 3.31. The number of thiazole rings is 1. The highest BCUT2D eigenvalue weighted by atomic mass is 32.1. The zero-order valence-electron chi connectivity index (χ0n) is 20.8. The first-order chi connectivity index (χ1) is 17.3. The Morgan fingerprint density at radius 1 is 1.14 bits per heavy atom. The van der Waals surface area contributed by atoms with Gasteiger partial charge in [-0.2, -0.15) is 0 Å². The molecule has 0 saturated heterocycles. The minimum atomic E-state index is -0.325. The molecule has 0 aliphatic heterocycles. The summed E-state index contributed by atoms with van der Waals surface area (Å²) in [5.41, 5.74) is 3.78. The highest BCUT2D eigenvalue weighted by molar-refractivity contribution is 7.13. The molecule has 12 heteroatoms. The van der Waals surface area contributed by atoms with Crippen LogP contribution >= 0.6 is 11.3 Å². The van der Waals surface area contributed by atoms with E-state index >= 15 is 0 Å². The van der Waals surface area contributed by atoms with Crippen LogP contribution in [0, 0.1) is 13.8 Å². The molecule has 0 saturated carbocycles. The van der Waals surface area contributed by atoms with E-state index in [1.807, 2.05) is 56.4 Å². The molecule has 0 aliphatic carbocycles. The van der Waals surface area contributed by atoms with Crippen molar-refractivity contribution in [1.29, 1.82) is 0 Å². The number of likely N-dealkylation sites (N-methyl/N-ethyl adjacent to an activating group) is 1. The summed E-state index contributed by atoms with van der Waals surface area (Å²) in [5.74, 6) is 1.57. The van der Waals surface area contributed by atoms with Gasteiger partial charge in [-0.25, -0.2) is 19.7 Å². The van der Waals surface area contributed by atoms with Crippen LogP contribution < -0.4 is 15.4 Å². The van der Waals surface area contributed by atoms with E-state index in [0.29, 0.717) is 42.3 Å². The number of carbonyl (C=O) groups is 1. The maximum atomic E-state index is 12.1. The quantitative estimate of drug-likeness (QED) is 0.344. The number of carbonyl (C=O) groups excluding carboxylic acids is 1. The van der Waals surface area contributed by atoms with Gasteiger partial charge in [-0.3, -0.25) is 5.32 Å². The van der Waals surface area contributed by atoms with Crippen LogP contribution in [-0.4, -0.2) is 69.9 Å². The lowest BCUT2D eigenvalue weighted by Gasteiger charge is -2.14. The summed E-state index contributed by atoms with van der Waals surface area (Å²) in [6.45, 7) is 7.21. The number of pyridine rings is 2. The zero-order chi connectivity index (χ0) is 25.7. The Kier molecular flexibility index (Phi) is 7.86. The molecule has 0 spiro atoms. The van der Waals surface area contributed by atoms with E-state index in [0.717, 1.165) is 33.9 Å². The monoisotopic (exact) mass is 508 g/mol. The molecule has 2 amide bonds. The molecule has 4 heterocycles. The van der Waals surface area contributed by atoms with Crippen molar-refractivity contribution in [2.75, 3.05) is 39.1 Å². The molecule has 4 aromatic rings. The third-order valence-electron chi connectivity index (χ3n) is 4.98. The van der Waals surface area contributed by atoms with Crippen molar-refractivity contribution >= 4 is 23.2 Å². The lowest BCUT2D eigenvalue weighted by Crippen LogP contribution is -2.28. The van der Waals surface area contributed by atoms with Crippen LogP contribution in [0.1, 0.15) is 18.5 Å². The lowest BCUT2D eigenvalue weighted by atomic mass is 10.0. The molecule has 0 atom stereocenters. The number of anilines is 1. The predicted molar refractivity (Wildman–Crippen MR) is 138 cm³/mol. The van der Waals surface area contributed by atoms with Gasteiger partial charge >= 0.3 is 6.03 Å². The van der Waals surface area contributed by atoms with E-state index in [-0.39, 0.29) is 6.03 Å². The topological polar surface area (TPSA) is 131 Å². The third kappa shape index (κ3) is 6.20. The van der Waals surface area contributed by atoms with E-state index in [1.54, 1.807) is 13.1 Å². The molecule has 0 aliphatic rings. The van der Waals surface area contributed by atoms with Crippen molar-refractivity contribution in [3.63, 3.8) is 0 Å². The van der Waals surface area contributed by atoms with Crippen LogP contribution in [0.2, 0.25) is 0 Å². The van der Waals surface area contributed by atoms with Gasteiger partial charge in [0.2, 0.25) is 11.8 Å². The SMILES string of the molecule is CCNC(=O)Nc1cc(-c2nc(C)cs2)c(-c2cc(OCCN(C)C)nc(-c3nnc(C)o3)c2)cn1. The molecule has 2 N–H and O–H groups in total. The Morgan fingerprint density at radius 2 is 1.97 bits per heavy atom. The van der Waals surface area contributed by atoms with E-state index < -0.39 is 0 Å². The number of hydrogen-bond acceptors (Lipinski definition) is 10. The Balaban J connectivity index is 1.80. The normalized spacial score (nSPS) is 11.1. The average molecular weight is 509 g/mol. The van der Waals surface area contributed by atoms with E-state index in [9.17, 15) is 4.79 Å². The standard InChI is InChI=1S/C24H28N8O3S/c1-6-25-24(33)29-20-11-17(23-27-14(2)13-36-23)18(12-26-20)16-9-19(22-31-30-15(3)35-22)28-21(10-16)34-8-7-32(4)5/h9-13H,6-8H2,1-5H3,(H2,25,26,29,33). The highest BCUT2D eigenvalue weighted by Crippen LogP contribution is 2.37. The van der Waals surface area contributed by atoms with Gasteiger partial charge in [-0.05, 0) is 45.6 Å². The van der Waals surface area contributed by atoms with E-state index in [1.165, 1.54) is 11.3 Å². The van der Waals surface area contributed by atoms with Gasteiger partial charge in [-0.1, -0.05) is 0 Å². The van der Waals surface area contributed by atoms with Gasteiger partial charge in [0, 0.05) is 54.5 Å². The molecule has 4 rings (SSSR count). The molecule has 11 nitrogen and oxygen atoms in total. The van der Waals surface area contributed by atoms with Crippen molar-refractivity contribution in [2.24, 2.45) is 0 Å². The summed E-state index contributed by atoms with van der Waals surface area (Å²) in [4.78, 5) is 27.8. The number of rotatable bonds is 9. The van der Waals surface area contributed by atoms with E-state index in [2.05, 4.69) is 35.8 Å². The van der Waals surface area contributed by atoms with Crippen molar-refractivity contribution in [3.05, 3.63) is 41.4 Å². The molecule has 0 unspecified atom stereocenters. The summed E-state index contributed by atoms with van der Waals surface area (Å²) in [5, 5.41) is 16.3. The Hall–Kier alpha value is -3.90. The molecule has 0 fully saturated rings. The fraction of sp³-hybridized carbons (Fsp3) is 0.333. The van der Waals surface area contributed by atoms with Gasteiger partial charge in [0.25, 0.3) is 5.89 Å². The van der Waals surface area contributed by atoms with Gasteiger partial charge in [0.05, 0.1) is 0 Å². The number of aryl methyl sites for hydroxylation is 2. The molecule has 188 valence electrons. The summed E-state index contributed by atoms with van der Waals surface area (Å²) in [6, 6.07) is 5.18. The number of hydrogen-bond donors (Lipinski definition) is 2. The van der Waals surface area contributed by atoms with Gasteiger partial charge < -0.3 is 19.4 Å². The summed E-state index contributed by atoms with van der Waals surface area (Å²) in [7, 11) is 3.95. The van der Waals surface area contributed by atoms with Crippen LogP contribution in [0.4, 0.5) is 10.6 Å². The zero-order valence-corrected chi connectivity index (χ0v) is 21.6. The molecule has 36 heavy (non-hydrogen) atoms. The van der Waals surface area contributed by atoms with Crippen molar-refractivity contribution in [2.45, 2.75) is 20.8 Å². The van der Waals surface area contributed by atoms with Gasteiger partial charge in [0.1, 0.15) is 23.1 Å². The fourth-order valence-corrected chi connectivity index (χ4v) is 4.13. The molecule has 0 radical (unpaired) electrons. The molecular weight excluding hydrogens is 480 g/mol. The number of nitrogens with zero attached hydrogens (tertiary/aromatic N) is 6. The smallest absolute Gasteiger partial charge is 0.320 e. The lowest BCUT2D eigenvalue weighted by molar-refractivity contribution is 0.252. The first-order valence-electron chi connectivity index (χ1n) is 11.4. The number of urea groups is 1. The highest BCUT2D eigenvalue weighted by Gasteiger charge is 2.18. The first-order valence-corrected chi connectivity index (χ1v) is 12.3. The number of aromatic nitrogens is 5. The minimum absolute atomic E-state index is 0.293. The maximum Gasteiger partial charge on any atom is 0.320 e. The molecule has 0 bridgehead atoms. The first kappa shape index (κ1) is 25.2. The summed E-state index contributed by atoms with van der Waals surface area (Å²) in [6.07, 6.45) is 1.70. The summed E-state index contributed by atoms with van der Waals surface area (Å²) < 4.78 is 11.6. The average Bonchev–Trinajstić information content (AvgIpc) is 3.47. The van der Waals surface area contributed by atoms with E-state index in [4.69, 9.17) is 9.15 Å². The maximum absolute atomic E-state index is 12.1. The molecular formula is C24H28N8O3S. The number of amides is 2. The second-order valence-electron chi connectivity index (χ2n) is 8.25. The van der Waals surface area contributed by atoms with Crippen LogP contribution in [-0.2, 0) is 0 Å². The Morgan fingerprint density at radius 3 is 2.64 bits per heavy atom. The third-order valence-corrected chi connectivity index (χ3v) is 5.97. The Bertz CT molecular complexity index is 1350. The van der Waals surface area contributed by atoms with Crippen LogP contribution in [0.5, 0.6) is 5.88 Å². The summed E-state index contributed by atoms with van der Waals surface area (Å²) >= 11 is 1.51. The second-order valence-corrected chi connectivity index (χ2v) is 9.11. The van der Waals surface area contributed by atoms with Gasteiger partial charge in [0.15, 0.2) is 0 Å². The molecule has 0 aromatic carbocycles. The van der Waals surface area contributed by atoms with Crippen molar-refractivity contribution < 1.29 is 13.9 Å². The minimum Gasteiger partial charge on any atom is -0.476 e. The van der Waals surface area contributed by atoms with Crippen LogP contribution in [0.25, 0.3) is 33.3 Å². The Labute approximate surface area is 213 Å². The number of nitrogens with one attached hydrogen (secondary N) is 2.